The van der Waals surface area contributed by atoms with Gasteiger partial charge in [0.05, 0.1) is 29.6 Å². The number of nitrogens with two attached hydrogens (primary N) is 1. The Balaban J connectivity index is 2.12. The molecule has 26 heavy (non-hydrogen) atoms. The van der Waals surface area contributed by atoms with E-state index in [0.29, 0.717) is 22.7 Å². The predicted octanol–water partition coefficient (Wildman–Crippen LogP) is 2.36. The van der Waals surface area contributed by atoms with E-state index in [9.17, 15) is 9.59 Å². The standard InChI is InChI=1S/C17H16ClN3O5/c1-25-14-5-2-10(6-15(14)26-9-16(19)22)8-20-21-11-3-4-13(18)12(7-11)17(23)24/h2-8,21H,9H2,1H3,(H2,19,22)(H,23,24)/b20-8+. The molecule has 9 heteroatoms. The fourth-order valence-corrected chi connectivity index (χ4v) is 2.17. The van der Waals surface area contributed by atoms with Crippen LogP contribution in [0.5, 0.6) is 11.5 Å². The van der Waals surface area contributed by atoms with Crippen LogP contribution in [0.2, 0.25) is 5.02 Å². The quantitative estimate of drug-likeness (QED) is 0.479. The van der Waals surface area contributed by atoms with Crippen molar-refractivity contribution in [3.05, 3.63) is 52.5 Å². The van der Waals surface area contributed by atoms with Gasteiger partial charge in [-0.15, -0.1) is 0 Å². The maximum atomic E-state index is 11.1. The van der Waals surface area contributed by atoms with E-state index in [2.05, 4.69) is 10.5 Å². The van der Waals surface area contributed by atoms with Crippen LogP contribution in [0.25, 0.3) is 0 Å². The lowest BCUT2D eigenvalue weighted by atomic mass is 10.2. The topological polar surface area (TPSA) is 123 Å². The maximum absolute atomic E-state index is 11.1. The molecule has 0 spiro atoms. The minimum Gasteiger partial charge on any atom is -0.493 e. The Kier molecular flexibility index (Phi) is 6.40. The van der Waals surface area contributed by atoms with Gasteiger partial charge in [-0.2, -0.15) is 5.10 Å². The number of methoxy groups -OCH3 is 1. The highest BCUT2D eigenvalue weighted by Gasteiger charge is 2.09. The number of nitrogens with zero attached hydrogens (tertiary/aromatic N) is 1. The van der Waals surface area contributed by atoms with Crippen LogP contribution in [0.4, 0.5) is 5.69 Å². The number of nitrogens with one attached hydrogen (secondary N) is 1. The zero-order valence-electron chi connectivity index (χ0n) is 13.7. The molecule has 0 aliphatic heterocycles. The van der Waals surface area contributed by atoms with Crippen molar-refractivity contribution in [2.24, 2.45) is 10.8 Å². The highest BCUT2D eigenvalue weighted by atomic mass is 35.5. The normalized spacial score (nSPS) is 10.5. The smallest absolute Gasteiger partial charge is 0.337 e. The summed E-state index contributed by atoms with van der Waals surface area (Å²) in [5.41, 5.74) is 8.87. The van der Waals surface area contributed by atoms with Crippen molar-refractivity contribution >= 4 is 35.4 Å². The zero-order chi connectivity index (χ0) is 19.1. The lowest BCUT2D eigenvalue weighted by Crippen LogP contribution is -2.20. The number of halogens is 1. The van der Waals surface area contributed by atoms with Gasteiger partial charge >= 0.3 is 5.97 Å². The number of primary amides is 1. The average molecular weight is 378 g/mol. The van der Waals surface area contributed by atoms with Crippen LogP contribution in [-0.4, -0.2) is 36.9 Å². The second-order valence-electron chi connectivity index (χ2n) is 5.04. The largest absolute Gasteiger partial charge is 0.493 e. The molecule has 2 aromatic carbocycles. The first kappa shape index (κ1) is 19.1. The molecule has 2 rings (SSSR count). The van der Waals surface area contributed by atoms with Crippen LogP contribution in [-0.2, 0) is 4.79 Å². The van der Waals surface area contributed by atoms with Gasteiger partial charge in [-0.25, -0.2) is 4.79 Å². The molecule has 0 saturated heterocycles. The summed E-state index contributed by atoms with van der Waals surface area (Å²) in [7, 11) is 1.47. The highest BCUT2D eigenvalue weighted by molar-refractivity contribution is 6.33. The maximum Gasteiger partial charge on any atom is 0.337 e. The molecular formula is C17H16ClN3O5. The molecule has 4 N–H and O–H groups in total. The van der Waals surface area contributed by atoms with Crippen molar-refractivity contribution in [1.29, 1.82) is 0 Å². The number of rotatable bonds is 8. The third-order valence-electron chi connectivity index (χ3n) is 3.16. The van der Waals surface area contributed by atoms with E-state index >= 15 is 0 Å². The second kappa shape index (κ2) is 8.72. The van der Waals surface area contributed by atoms with Gasteiger partial charge in [0.15, 0.2) is 18.1 Å². The number of hydrogen-bond acceptors (Lipinski definition) is 6. The van der Waals surface area contributed by atoms with Crippen LogP contribution in [0.1, 0.15) is 15.9 Å². The molecule has 136 valence electrons. The van der Waals surface area contributed by atoms with Crippen LogP contribution in [0.3, 0.4) is 0 Å². The number of carbonyl (C=O) groups is 2. The Bertz CT molecular complexity index is 854. The Labute approximate surface area is 154 Å². The molecule has 0 saturated carbocycles. The zero-order valence-corrected chi connectivity index (χ0v) is 14.5. The van der Waals surface area contributed by atoms with Gasteiger partial charge in [-0.3, -0.25) is 10.2 Å². The van der Waals surface area contributed by atoms with E-state index in [1.54, 1.807) is 24.3 Å². The van der Waals surface area contributed by atoms with Crippen LogP contribution < -0.4 is 20.6 Å². The summed E-state index contributed by atoms with van der Waals surface area (Å²) in [4.78, 5) is 21.9. The third-order valence-corrected chi connectivity index (χ3v) is 3.49. The predicted molar refractivity (Wildman–Crippen MR) is 97.3 cm³/mol. The Morgan fingerprint density at radius 1 is 1.27 bits per heavy atom. The van der Waals surface area contributed by atoms with Crippen molar-refractivity contribution in [1.82, 2.24) is 0 Å². The lowest BCUT2D eigenvalue weighted by molar-refractivity contribution is -0.119. The van der Waals surface area contributed by atoms with E-state index < -0.39 is 11.9 Å². The summed E-state index contributed by atoms with van der Waals surface area (Å²) in [6, 6.07) is 9.44. The lowest BCUT2D eigenvalue weighted by Gasteiger charge is -2.10. The fraction of sp³-hybridized carbons (Fsp3) is 0.118. The van der Waals surface area contributed by atoms with E-state index in [1.807, 2.05) is 0 Å². The van der Waals surface area contributed by atoms with Gasteiger partial charge in [-0.05, 0) is 42.0 Å². The SMILES string of the molecule is COc1ccc(/C=N/Nc2ccc(Cl)c(C(=O)O)c2)cc1OCC(N)=O. The number of ether oxygens (including phenoxy) is 2. The van der Waals surface area contributed by atoms with E-state index in [1.165, 1.54) is 25.5 Å². The second-order valence-corrected chi connectivity index (χ2v) is 5.44. The highest BCUT2D eigenvalue weighted by Crippen LogP contribution is 2.27. The first-order valence-corrected chi connectivity index (χ1v) is 7.69. The molecular weight excluding hydrogens is 362 g/mol. The summed E-state index contributed by atoms with van der Waals surface area (Å²) >= 11 is 5.81. The van der Waals surface area contributed by atoms with Gasteiger partial charge < -0.3 is 20.3 Å². The first-order valence-electron chi connectivity index (χ1n) is 7.31. The Morgan fingerprint density at radius 2 is 2.04 bits per heavy atom. The van der Waals surface area contributed by atoms with Crippen molar-refractivity contribution in [2.75, 3.05) is 19.1 Å². The van der Waals surface area contributed by atoms with Gasteiger partial charge in [0.2, 0.25) is 0 Å². The monoisotopic (exact) mass is 377 g/mol. The van der Waals surface area contributed by atoms with Crippen molar-refractivity contribution in [3.8, 4) is 11.5 Å². The van der Waals surface area contributed by atoms with E-state index in [4.69, 9.17) is 31.9 Å². The number of carbonyl (C=O) groups excluding carboxylic acids is 1. The molecule has 0 bridgehead atoms. The number of aromatic carboxylic acids is 1. The van der Waals surface area contributed by atoms with E-state index in [0.717, 1.165) is 0 Å². The molecule has 2 aromatic rings. The molecule has 0 aliphatic rings. The molecule has 0 fully saturated rings. The van der Waals surface area contributed by atoms with Gasteiger partial charge in [0.25, 0.3) is 5.91 Å². The minimum absolute atomic E-state index is 0.0292. The number of benzene rings is 2. The van der Waals surface area contributed by atoms with Crippen LogP contribution >= 0.6 is 11.6 Å². The summed E-state index contributed by atoms with van der Waals surface area (Å²) in [5, 5.41) is 13.2. The minimum atomic E-state index is -1.13. The summed E-state index contributed by atoms with van der Waals surface area (Å²) in [5.74, 6) is -0.950. The molecule has 0 radical (unpaired) electrons. The van der Waals surface area contributed by atoms with Crippen molar-refractivity contribution in [2.45, 2.75) is 0 Å². The molecule has 0 unspecified atom stereocenters. The van der Waals surface area contributed by atoms with Gasteiger partial charge in [0, 0.05) is 0 Å². The third kappa shape index (κ3) is 5.12. The summed E-state index contributed by atoms with van der Waals surface area (Å²) < 4.78 is 10.4. The number of hydrazone groups is 1. The number of carboxylic acids is 1. The number of carboxylic acid groups (broad SMARTS) is 1. The Morgan fingerprint density at radius 3 is 2.69 bits per heavy atom. The van der Waals surface area contributed by atoms with Crippen molar-refractivity contribution in [3.63, 3.8) is 0 Å². The van der Waals surface area contributed by atoms with Gasteiger partial charge in [-0.1, -0.05) is 11.6 Å². The summed E-state index contributed by atoms with van der Waals surface area (Å²) in [6.07, 6.45) is 1.49. The Hall–Kier alpha value is -3.26. The van der Waals surface area contributed by atoms with Gasteiger partial charge in [0.1, 0.15) is 0 Å². The number of hydrogen-bond donors (Lipinski definition) is 3. The van der Waals surface area contributed by atoms with Crippen LogP contribution in [0, 0.1) is 0 Å². The average Bonchev–Trinajstić information content (AvgIpc) is 2.61. The number of amides is 1. The first-order chi connectivity index (χ1) is 12.4. The number of anilines is 1. The van der Waals surface area contributed by atoms with E-state index in [-0.39, 0.29) is 17.2 Å². The van der Waals surface area contributed by atoms with Crippen molar-refractivity contribution < 1.29 is 24.2 Å². The van der Waals surface area contributed by atoms with Crippen LogP contribution in [0.15, 0.2) is 41.5 Å². The molecule has 0 atom stereocenters. The molecule has 0 aliphatic carbocycles. The summed E-state index contributed by atoms with van der Waals surface area (Å²) in [6.45, 7) is -0.280. The molecule has 0 heterocycles. The molecule has 0 aromatic heterocycles. The molecule has 1 amide bonds. The fourth-order valence-electron chi connectivity index (χ4n) is 1.98. The molecule has 8 nitrogen and oxygen atoms in total.